The Morgan fingerprint density at radius 3 is 2.50 bits per heavy atom. The minimum Gasteiger partial charge on any atom is -0.394 e. The smallest absolute Gasteiger partial charge is 0.239 e. The Morgan fingerprint density at radius 1 is 1.33 bits per heavy atom. The average Bonchev–Trinajstić information content (AvgIpc) is 3.07. The second-order valence-electron chi connectivity index (χ2n) is 4.64. The van der Waals surface area contributed by atoms with Crippen molar-refractivity contribution in [1.29, 1.82) is 0 Å². The quantitative estimate of drug-likeness (QED) is 0.199. The molecule has 1 amide bonds. The summed E-state index contributed by atoms with van der Waals surface area (Å²) in [6.45, 7) is 3.69. The van der Waals surface area contributed by atoms with Gasteiger partial charge in [-0.15, -0.1) is 0 Å². The van der Waals surface area contributed by atoms with Crippen LogP contribution in [0.5, 0.6) is 0 Å². The van der Waals surface area contributed by atoms with Crippen LogP contribution in [0.15, 0.2) is 9.62 Å². The number of amidine groups is 1. The number of carbonyl (C=O) groups is 1. The molecule has 0 aromatic carbocycles. The number of anilines is 1. The van der Waals surface area contributed by atoms with Gasteiger partial charge in [-0.2, -0.15) is 0 Å². The number of hydroxylamine groups is 1. The maximum atomic E-state index is 11.4. The number of carbonyl (C=O) groups excluding carboxylic acids is 1. The fraction of sp³-hybridized carbons (Fsp3) is 0.692. The lowest BCUT2D eigenvalue weighted by Gasteiger charge is -2.09. The van der Waals surface area contributed by atoms with Crippen LogP contribution in [0.3, 0.4) is 0 Å². The molecular weight excluding hydrogens is 320 g/mol. The largest absolute Gasteiger partial charge is 0.394 e. The molecule has 1 heterocycles. The Balaban J connectivity index is 0.00000118. The van der Waals surface area contributed by atoms with Crippen LogP contribution in [-0.4, -0.2) is 70.3 Å². The number of nitrogens with zero attached hydrogens (tertiary/aromatic N) is 3. The zero-order chi connectivity index (χ0) is 18.4. The third kappa shape index (κ3) is 8.41. The highest BCUT2D eigenvalue weighted by Crippen LogP contribution is 2.08. The van der Waals surface area contributed by atoms with E-state index < -0.39 is 18.6 Å². The second kappa shape index (κ2) is 13.2. The van der Waals surface area contributed by atoms with Gasteiger partial charge >= 0.3 is 0 Å². The zero-order valence-corrected chi connectivity index (χ0v) is 14.1. The van der Waals surface area contributed by atoms with Gasteiger partial charge in [0.2, 0.25) is 11.7 Å². The number of hydrogen-bond donors (Lipinski definition) is 6. The van der Waals surface area contributed by atoms with Crippen molar-refractivity contribution in [3.63, 3.8) is 0 Å². The first kappa shape index (κ1) is 21.8. The number of aliphatic hydroxyl groups excluding tert-OH is 2. The standard InChI is InChI=1S/C9H16N6O5.C4H10/c1-10-8(13-19)7-9(15-20-14-7)12-3-6(18)11-2-5(17)4-16;1-3-4-2/h5,16-17,19H,2-4H2,1H3,(H,10,13)(H,11,18)(H,12,15);3-4H2,1-2H3. The molecule has 0 saturated carbocycles. The molecule has 1 unspecified atom stereocenters. The van der Waals surface area contributed by atoms with Crippen LogP contribution in [0.4, 0.5) is 5.82 Å². The molecule has 0 aliphatic rings. The molecule has 138 valence electrons. The molecule has 0 radical (unpaired) electrons. The number of aliphatic hydroxyl groups is 2. The highest BCUT2D eigenvalue weighted by molar-refractivity contribution is 6.00. The van der Waals surface area contributed by atoms with E-state index in [0.29, 0.717) is 0 Å². The normalized spacial score (nSPS) is 12.0. The van der Waals surface area contributed by atoms with Gasteiger partial charge in [-0.05, 0) is 10.3 Å². The number of nitrogens with one attached hydrogen (secondary N) is 3. The first-order chi connectivity index (χ1) is 11.5. The monoisotopic (exact) mass is 346 g/mol. The summed E-state index contributed by atoms with van der Waals surface area (Å²) in [6, 6.07) is 0. The van der Waals surface area contributed by atoms with Crippen LogP contribution in [0.1, 0.15) is 32.4 Å². The molecule has 6 N–H and O–H groups in total. The molecule has 24 heavy (non-hydrogen) atoms. The van der Waals surface area contributed by atoms with E-state index in [1.54, 1.807) is 0 Å². The lowest BCUT2D eigenvalue weighted by molar-refractivity contribution is -0.119. The molecule has 1 atom stereocenters. The molecule has 0 aliphatic carbocycles. The summed E-state index contributed by atoms with van der Waals surface area (Å²) in [5.74, 6) is -0.298. The van der Waals surface area contributed by atoms with Gasteiger partial charge in [0.15, 0.2) is 11.5 Å². The van der Waals surface area contributed by atoms with Crippen molar-refractivity contribution in [1.82, 2.24) is 21.1 Å². The van der Waals surface area contributed by atoms with Crippen LogP contribution in [0.25, 0.3) is 0 Å². The van der Waals surface area contributed by atoms with Crippen molar-refractivity contribution in [2.75, 3.05) is 32.1 Å². The molecule has 11 heteroatoms. The van der Waals surface area contributed by atoms with E-state index in [2.05, 4.69) is 44.4 Å². The van der Waals surface area contributed by atoms with E-state index >= 15 is 0 Å². The Hall–Kier alpha value is -2.24. The van der Waals surface area contributed by atoms with Crippen LogP contribution in [0, 0.1) is 0 Å². The Kier molecular flexibility index (Phi) is 12.0. The summed E-state index contributed by atoms with van der Waals surface area (Å²) >= 11 is 0. The summed E-state index contributed by atoms with van der Waals surface area (Å²) in [5.41, 5.74) is 1.93. The van der Waals surface area contributed by atoms with Crippen molar-refractivity contribution < 1.29 is 24.8 Å². The zero-order valence-electron chi connectivity index (χ0n) is 14.1. The van der Waals surface area contributed by atoms with Crippen molar-refractivity contribution in [3.8, 4) is 0 Å². The first-order valence-corrected chi connectivity index (χ1v) is 7.53. The van der Waals surface area contributed by atoms with Gasteiger partial charge in [0.05, 0.1) is 19.3 Å². The summed E-state index contributed by atoms with van der Waals surface area (Å²) in [4.78, 5) is 15.1. The third-order valence-electron chi connectivity index (χ3n) is 2.70. The van der Waals surface area contributed by atoms with Gasteiger partial charge in [0.25, 0.3) is 0 Å². The molecule has 1 aromatic heterocycles. The van der Waals surface area contributed by atoms with Crippen molar-refractivity contribution in [2.24, 2.45) is 4.99 Å². The summed E-state index contributed by atoms with van der Waals surface area (Å²) in [6.07, 6.45) is 1.63. The van der Waals surface area contributed by atoms with Gasteiger partial charge in [0.1, 0.15) is 0 Å². The van der Waals surface area contributed by atoms with E-state index in [-0.39, 0.29) is 30.4 Å². The Bertz CT molecular complexity index is 491. The number of hydrogen-bond acceptors (Lipinski definition) is 9. The number of aromatic nitrogens is 2. The molecule has 1 rings (SSSR count). The van der Waals surface area contributed by atoms with Gasteiger partial charge < -0.3 is 20.8 Å². The third-order valence-corrected chi connectivity index (χ3v) is 2.70. The maximum Gasteiger partial charge on any atom is 0.239 e. The van der Waals surface area contributed by atoms with E-state index in [1.807, 2.05) is 5.48 Å². The molecule has 0 spiro atoms. The molecule has 0 saturated heterocycles. The minimum absolute atomic E-state index is 0.0184. The van der Waals surface area contributed by atoms with Crippen LogP contribution in [-0.2, 0) is 4.79 Å². The highest BCUT2D eigenvalue weighted by Gasteiger charge is 2.16. The summed E-state index contributed by atoms with van der Waals surface area (Å²) < 4.78 is 4.48. The van der Waals surface area contributed by atoms with Crippen LogP contribution < -0.4 is 16.1 Å². The van der Waals surface area contributed by atoms with E-state index in [0.717, 1.165) is 0 Å². The maximum absolute atomic E-state index is 11.4. The Morgan fingerprint density at radius 2 is 2.00 bits per heavy atom. The molecule has 0 fully saturated rings. The Labute approximate surface area is 140 Å². The summed E-state index contributed by atoms with van der Waals surface area (Å²) in [5, 5.41) is 38.5. The van der Waals surface area contributed by atoms with Crippen LogP contribution in [0.2, 0.25) is 0 Å². The fourth-order valence-electron chi connectivity index (χ4n) is 1.19. The minimum atomic E-state index is -1.01. The highest BCUT2D eigenvalue weighted by atomic mass is 16.6. The van der Waals surface area contributed by atoms with E-state index in [1.165, 1.54) is 19.9 Å². The molecule has 0 aliphatic heterocycles. The molecular formula is C13H26N6O5. The van der Waals surface area contributed by atoms with E-state index in [9.17, 15) is 4.79 Å². The predicted molar refractivity (Wildman–Crippen MR) is 86.9 cm³/mol. The van der Waals surface area contributed by atoms with Crippen molar-refractivity contribution in [2.45, 2.75) is 32.8 Å². The van der Waals surface area contributed by atoms with Gasteiger partial charge in [-0.25, -0.2) is 4.63 Å². The van der Waals surface area contributed by atoms with E-state index in [4.69, 9.17) is 15.4 Å². The topological polar surface area (TPSA) is 165 Å². The van der Waals surface area contributed by atoms with Crippen molar-refractivity contribution >= 4 is 17.6 Å². The molecule has 11 nitrogen and oxygen atoms in total. The molecule has 1 aromatic rings. The van der Waals surface area contributed by atoms with Crippen LogP contribution >= 0.6 is 0 Å². The lowest BCUT2D eigenvalue weighted by Crippen LogP contribution is -2.37. The number of unbranched alkanes of at least 4 members (excludes halogenated alkanes) is 1. The number of rotatable bonds is 8. The molecule has 0 bridgehead atoms. The fourth-order valence-corrected chi connectivity index (χ4v) is 1.19. The number of aliphatic imine (C=N–C) groups is 1. The van der Waals surface area contributed by atoms with Crippen molar-refractivity contribution in [3.05, 3.63) is 5.69 Å². The average molecular weight is 346 g/mol. The van der Waals surface area contributed by atoms with Gasteiger partial charge in [-0.1, -0.05) is 26.7 Å². The lowest BCUT2D eigenvalue weighted by atomic mass is 10.3. The van der Waals surface area contributed by atoms with Gasteiger partial charge in [0, 0.05) is 13.6 Å². The second-order valence-corrected chi connectivity index (χ2v) is 4.64. The number of amides is 1. The first-order valence-electron chi connectivity index (χ1n) is 7.53. The van der Waals surface area contributed by atoms with Gasteiger partial charge in [-0.3, -0.25) is 20.5 Å². The SMILES string of the molecule is CCCC.CN=C(NO)c1nonc1NCC(=O)NCC(O)CO. The summed E-state index contributed by atoms with van der Waals surface area (Å²) in [7, 11) is 1.42. The predicted octanol–water partition coefficient (Wildman–Crippen LogP) is -0.887.